The average molecular weight is 330 g/mol. The van der Waals surface area contributed by atoms with E-state index in [0.717, 1.165) is 35.5 Å². The first-order chi connectivity index (χ1) is 10.1. The summed E-state index contributed by atoms with van der Waals surface area (Å²) in [6.45, 7) is 1.15. The minimum absolute atomic E-state index is 0.321. The molecule has 2 aliphatic heterocycles. The van der Waals surface area contributed by atoms with Crippen molar-refractivity contribution >= 4 is 22.0 Å². The standard InChI is InChI=1S/C14H19FN2O2S2/c15-11-4-5-14-12(10-11)13(6-9-20-14)16-21(18,19)17-7-2-1-3-8-17/h4-5,10,13,16H,1-3,6-9H2. The Morgan fingerprint density at radius 2 is 2.00 bits per heavy atom. The molecule has 0 aromatic heterocycles. The van der Waals surface area contributed by atoms with E-state index < -0.39 is 10.2 Å². The number of halogens is 1. The predicted octanol–water partition coefficient (Wildman–Crippen LogP) is 2.68. The Kier molecular flexibility index (Phi) is 4.54. The fourth-order valence-electron chi connectivity index (χ4n) is 2.85. The molecule has 2 heterocycles. The van der Waals surface area contributed by atoms with Crippen LogP contribution in [0.15, 0.2) is 23.1 Å². The van der Waals surface area contributed by atoms with Crippen LogP contribution in [0.4, 0.5) is 4.39 Å². The van der Waals surface area contributed by atoms with E-state index in [0.29, 0.717) is 19.5 Å². The summed E-state index contributed by atoms with van der Waals surface area (Å²) in [5, 5.41) is 0. The molecule has 1 aromatic carbocycles. The Morgan fingerprint density at radius 1 is 1.24 bits per heavy atom. The SMILES string of the molecule is O=S(=O)(NC1CCSc2ccc(F)cc21)N1CCCCC1. The molecule has 7 heteroatoms. The number of nitrogens with zero attached hydrogens (tertiary/aromatic N) is 1. The van der Waals surface area contributed by atoms with Gasteiger partial charge in [-0.1, -0.05) is 6.42 Å². The van der Waals surface area contributed by atoms with Gasteiger partial charge in [-0.3, -0.25) is 0 Å². The molecule has 0 aliphatic carbocycles. The van der Waals surface area contributed by atoms with Gasteiger partial charge in [0.05, 0.1) is 0 Å². The van der Waals surface area contributed by atoms with Gasteiger partial charge in [0.2, 0.25) is 0 Å². The second kappa shape index (κ2) is 6.24. The Balaban J connectivity index is 1.81. The molecule has 1 atom stereocenters. The number of nitrogens with one attached hydrogen (secondary N) is 1. The van der Waals surface area contributed by atoms with Gasteiger partial charge in [-0.2, -0.15) is 17.4 Å². The first kappa shape index (κ1) is 15.3. The number of hydrogen-bond donors (Lipinski definition) is 1. The van der Waals surface area contributed by atoms with E-state index >= 15 is 0 Å². The minimum Gasteiger partial charge on any atom is -0.207 e. The molecule has 0 bridgehead atoms. The van der Waals surface area contributed by atoms with E-state index in [-0.39, 0.29) is 11.9 Å². The molecule has 0 spiro atoms. The molecule has 0 amide bonds. The zero-order valence-corrected chi connectivity index (χ0v) is 13.4. The molecule has 1 N–H and O–H groups in total. The smallest absolute Gasteiger partial charge is 0.207 e. The van der Waals surface area contributed by atoms with Gasteiger partial charge in [0, 0.05) is 24.0 Å². The van der Waals surface area contributed by atoms with Crippen LogP contribution in [0.2, 0.25) is 0 Å². The fraction of sp³-hybridized carbons (Fsp3) is 0.571. The highest BCUT2D eigenvalue weighted by Crippen LogP contribution is 2.37. The molecule has 1 aromatic rings. The highest BCUT2D eigenvalue weighted by Gasteiger charge is 2.30. The Morgan fingerprint density at radius 3 is 2.76 bits per heavy atom. The van der Waals surface area contributed by atoms with Crippen molar-refractivity contribution in [1.82, 2.24) is 9.03 Å². The molecule has 4 nitrogen and oxygen atoms in total. The first-order valence-corrected chi connectivity index (χ1v) is 9.68. The Bertz CT molecular complexity index is 615. The highest BCUT2D eigenvalue weighted by molar-refractivity contribution is 7.99. The lowest BCUT2D eigenvalue weighted by Crippen LogP contribution is -2.45. The Labute approximate surface area is 129 Å². The van der Waals surface area contributed by atoms with Crippen molar-refractivity contribution in [3.05, 3.63) is 29.6 Å². The summed E-state index contributed by atoms with van der Waals surface area (Å²) in [4.78, 5) is 0.967. The third-order valence-electron chi connectivity index (χ3n) is 3.96. The fourth-order valence-corrected chi connectivity index (χ4v) is 5.45. The molecular formula is C14H19FN2O2S2. The normalized spacial score (nSPS) is 23.8. The first-order valence-electron chi connectivity index (χ1n) is 7.26. The van der Waals surface area contributed by atoms with E-state index in [1.807, 2.05) is 0 Å². The average Bonchev–Trinajstić information content (AvgIpc) is 2.48. The van der Waals surface area contributed by atoms with Gasteiger partial charge >= 0.3 is 0 Å². The topological polar surface area (TPSA) is 49.4 Å². The highest BCUT2D eigenvalue weighted by atomic mass is 32.2. The van der Waals surface area contributed by atoms with Gasteiger partial charge in [-0.25, -0.2) is 4.39 Å². The van der Waals surface area contributed by atoms with E-state index in [2.05, 4.69) is 4.72 Å². The summed E-state index contributed by atoms with van der Waals surface area (Å²) in [5.74, 6) is 0.518. The van der Waals surface area contributed by atoms with Crippen LogP contribution in [0.25, 0.3) is 0 Å². The van der Waals surface area contributed by atoms with Crippen LogP contribution in [0, 0.1) is 5.82 Å². The van der Waals surface area contributed by atoms with Gasteiger partial charge in [0.1, 0.15) is 5.82 Å². The third kappa shape index (κ3) is 3.41. The van der Waals surface area contributed by atoms with Crippen molar-refractivity contribution in [2.24, 2.45) is 0 Å². The van der Waals surface area contributed by atoms with Crippen LogP contribution in [0.5, 0.6) is 0 Å². The lowest BCUT2D eigenvalue weighted by Gasteiger charge is -2.31. The van der Waals surface area contributed by atoms with Crippen molar-refractivity contribution in [2.75, 3.05) is 18.8 Å². The molecule has 1 fully saturated rings. The van der Waals surface area contributed by atoms with Crippen LogP contribution in [-0.4, -0.2) is 31.6 Å². The van der Waals surface area contributed by atoms with Crippen molar-refractivity contribution in [2.45, 2.75) is 36.6 Å². The summed E-state index contributed by atoms with van der Waals surface area (Å²) in [6.07, 6.45) is 3.59. The van der Waals surface area contributed by atoms with E-state index in [4.69, 9.17) is 0 Å². The summed E-state index contributed by atoms with van der Waals surface area (Å²) in [7, 11) is -3.49. The number of rotatable bonds is 3. The number of benzene rings is 1. The van der Waals surface area contributed by atoms with E-state index in [9.17, 15) is 12.8 Å². The zero-order valence-electron chi connectivity index (χ0n) is 11.7. The number of thioether (sulfide) groups is 1. The van der Waals surface area contributed by atoms with Crippen LogP contribution < -0.4 is 4.72 Å². The largest absolute Gasteiger partial charge is 0.280 e. The quantitative estimate of drug-likeness (QED) is 0.927. The molecule has 116 valence electrons. The lowest BCUT2D eigenvalue weighted by molar-refractivity contribution is 0.337. The van der Waals surface area contributed by atoms with E-state index in [1.54, 1.807) is 17.8 Å². The molecule has 21 heavy (non-hydrogen) atoms. The third-order valence-corrected chi connectivity index (χ3v) is 6.71. The summed E-state index contributed by atoms with van der Waals surface area (Å²) in [6, 6.07) is 4.28. The molecule has 1 saturated heterocycles. The van der Waals surface area contributed by atoms with Crippen LogP contribution >= 0.6 is 11.8 Å². The predicted molar refractivity (Wildman–Crippen MR) is 82.0 cm³/mol. The molecule has 1 unspecified atom stereocenters. The zero-order chi connectivity index (χ0) is 14.9. The molecule has 2 aliphatic rings. The molecule has 3 rings (SSSR count). The van der Waals surface area contributed by atoms with Crippen molar-refractivity contribution in [3.63, 3.8) is 0 Å². The summed E-state index contributed by atoms with van der Waals surface area (Å²) in [5.41, 5.74) is 0.756. The summed E-state index contributed by atoms with van der Waals surface area (Å²) >= 11 is 1.65. The number of fused-ring (bicyclic) bond motifs is 1. The van der Waals surface area contributed by atoms with Gasteiger partial charge in [-0.05, 0) is 48.8 Å². The number of hydrogen-bond acceptors (Lipinski definition) is 3. The maximum atomic E-state index is 13.5. The van der Waals surface area contributed by atoms with Crippen LogP contribution in [-0.2, 0) is 10.2 Å². The van der Waals surface area contributed by atoms with Gasteiger partial charge in [0.25, 0.3) is 10.2 Å². The van der Waals surface area contributed by atoms with Crippen LogP contribution in [0.1, 0.15) is 37.3 Å². The lowest BCUT2D eigenvalue weighted by atomic mass is 10.0. The second-order valence-corrected chi connectivity index (χ2v) is 8.29. The van der Waals surface area contributed by atoms with Gasteiger partial charge in [0.15, 0.2) is 0 Å². The van der Waals surface area contributed by atoms with Gasteiger partial charge in [-0.15, -0.1) is 11.8 Å². The van der Waals surface area contributed by atoms with E-state index in [1.165, 1.54) is 16.4 Å². The minimum atomic E-state index is -3.49. The van der Waals surface area contributed by atoms with Crippen molar-refractivity contribution < 1.29 is 12.8 Å². The maximum absolute atomic E-state index is 13.5. The van der Waals surface area contributed by atoms with Crippen molar-refractivity contribution in [3.8, 4) is 0 Å². The second-order valence-electron chi connectivity index (χ2n) is 5.45. The molecular weight excluding hydrogens is 311 g/mol. The molecule has 0 radical (unpaired) electrons. The van der Waals surface area contributed by atoms with Gasteiger partial charge < -0.3 is 0 Å². The van der Waals surface area contributed by atoms with Crippen LogP contribution in [0.3, 0.4) is 0 Å². The molecule has 0 saturated carbocycles. The maximum Gasteiger partial charge on any atom is 0.280 e. The summed E-state index contributed by atoms with van der Waals surface area (Å²) < 4.78 is 42.7. The Hall–Kier alpha value is -0.630. The number of piperidine rings is 1. The van der Waals surface area contributed by atoms with Crippen molar-refractivity contribution in [1.29, 1.82) is 0 Å². The monoisotopic (exact) mass is 330 g/mol.